The van der Waals surface area contributed by atoms with Crippen molar-refractivity contribution < 1.29 is 13.6 Å². The Labute approximate surface area is 189 Å². The zero-order valence-electron chi connectivity index (χ0n) is 17.7. The Morgan fingerprint density at radius 1 is 1.00 bits per heavy atom. The molecule has 5 rings (SSSR count). The molecule has 1 aliphatic carbocycles. The maximum Gasteiger partial charge on any atom is 0.268 e. The van der Waals surface area contributed by atoms with Gasteiger partial charge in [-0.25, -0.2) is 18.7 Å². The number of aromatic nitrogens is 4. The molecular weight excluding hydrogens is 424 g/mol. The number of halogens is 2. The second-order valence-corrected chi connectivity index (χ2v) is 8.21. The van der Waals surface area contributed by atoms with Crippen molar-refractivity contribution in [2.75, 3.05) is 0 Å². The molecule has 0 spiro atoms. The van der Waals surface area contributed by atoms with Gasteiger partial charge < -0.3 is 9.88 Å². The first kappa shape index (κ1) is 20.9. The van der Waals surface area contributed by atoms with Gasteiger partial charge in [-0.05, 0) is 54.7 Å². The van der Waals surface area contributed by atoms with E-state index < -0.39 is 11.6 Å². The molecule has 1 N–H and O–H groups in total. The van der Waals surface area contributed by atoms with Gasteiger partial charge >= 0.3 is 0 Å². The van der Waals surface area contributed by atoms with Crippen LogP contribution in [0.5, 0.6) is 0 Å². The van der Waals surface area contributed by atoms with Crippen molar-refractivity contribution in [2.45, 2.75) is 25.9 Å². The number of rotatable bonds is 7. The lowest BCUT2D eigenvalue weighted by molar-refractivity contribution is 0.0941. The molecule has 166 valence electrons. The Morgan fingerprint density at radius 2 is 1.76 bits per heavy atom. The summed E-state index contributed by atoms with van der Waals surface area (Å²) in [4.78, 5) is 25.9. The molecule has 6 nitrogen and oxygen atoms in total. The number of carbonyl (C=O) groups excluding carboxylic acids is 1. The first-order valence-corrected chi connectivity index (χ1v) is 10.7. The number of pyridine rings is 1. The van der Waals surface area contributed by atoms with Crippen molar-refractivity contribution in [3.05, 3.63) is 90.3 Å². The molecule has 1 amide bonds. The molecule has 0 saturated heterocycles. The van der Waals surface area contributed by atoms with E-state index in [1.807, 2.05) is 22.9 Å². The molecule has 1 fully saturated rings. The molecule has 1 saturated carbocycles. The SMILES string of the molecule is O=C(NCc1cc(F)cc(F)c1)c1cc(-c2cnc(-c3cccnc3)nc2)cn1CC1CC1. The highest BCUT2D eigenvalue weighted by Crippen LogP contribution is 2.32. The van der Waals surface area contributed by atoms with Crippen molar-refractivity contribution in [1.82, 2.24) is 24.8 Å². The first-order chi connectivity index (χ1) is 16.0. The summed E-state index contributed by atoms with van der Waals surface area (Å²) in [6.07, 6.45) is 11.1. The summed E-state index contributed by atoms with van der Waals surface area (Å²) >= 11 is 0. The fourth-order valence-electron chi connectivity index (χ4n) is 3.70. The van der Waals surface area contributed by atoms with Gasteiger partial charge in [0.2, 0.25) is 0 Å². The highest BCUT2D eigenvalue weighted by Gasteiger charge is 2.24. The van der Waals surface area contributed by atoms with Crippen LogP contribution in [0.4, 0.5) is 8.78 Å². The van der Waals surface area contributed by atoms with E-state index >= 15 is 0 Å². The monoisotopic (exact) mass is 445 g/mol. The number of benzene rings is 1. The number of amides is 1. The molecule has 3 heterocycles. The standard InChI is InChI=1S/C25H21F2N5O/c26-21-6-17(7-22(27)9-21)10-31-25(33)23-8-19(15-32(23)14-16-3-4-16)20-12-29-24(30-13-20)18-2-1-5-28-11-18/h1-2,5-9,11-13,15-16H,3-4,10,14H2,(H,31,33). The zero-order chi connectivity index (χ0) is 22.8. The van der Waals surface area contributed by atoms with E-state index in [-0.39, 0.29) is 12.5 Å². The summed E-state index contributed by atoms with van der Waals surface area (Å²) in [6.45, 7) is 0.770. The summed E-state index contributed by atoms with van der Waals surface area (Å²) in [5.41, 5.74) is 3.30. The van der Waals surface area contributed by atoms with E-state index in [9.17, 15) is 13.6 Å². The predicted molar refractivity (Wildman–Crippen MR) is 119 cm³/mol. The van der Waals surface area contributed by atoms with Gasteiger partial charge in [0, 0.05) is 66.8 Å². The second-order valence-electron chi connectivity index (χ2n) is 8.21. The predicted octanol–water partition coefficient (Wildman–Crippen LogP) is 4.63. The lowest BCUT2D eigenvalue weighted by atomic mass is 10.1. The van der Waals surface area contributed by atoms with Gasteiger partial charge in [-0.2, -0.15) is 0 Å². The molecule has 8 heteroatoms. The molecule has 3 aromatic heterocycles. The molecule has 0 aliphatic heterocycles. The molecule has 0 atom stereocenters. The van der Waals surface area contributed by atoms with Gasteiger partial charge in [0.25, 0.3) is 5.91 Å². The van der Waals surface area contributed by atoms with Crippen molar-refractivity contribution in [3.63, 3.8) is 0 Å². The normalized spacial score (nSPS) is 13.2. The van der Waals surface area contributed by atoms with E-state index in [1.165, 1.54) is 12.1 Å². The molecule has 1 aliphatic rings. The third-order valence-electron chi connectivity index (χ3n) is 5.56. The van der Waals surface area contributed by atoms with Crippen LogP contribution in [0.25, 0.3) is 22.5 Å². The van der Waals surface area contributed by atoms with E-state index in [0.29, 0.717) is 23.0 Å². The quantitative estimate of drug-likeness (QED) is 0.450. The first-order valence-electron chi connectivity index (χ1n) is 10.7. The number of nitrogens with one attached hydrogen (secondary N) is 1. The minimum atomic E-state index is -0.673. The number of hydrogen-bond donors (Lipinski definition) is 1. The molecule has 0 unspecified atom stereocenters. The topological polar surface area (TPSA) is 72.7 Å². The highest BCUT2D eigenvalue weighted by molar-refractivity contribution is 5.94. The van der Waals surface area contributed by atoms with Crippen LogP contribution < -0.4 is 5.32 Å². The van der Waals surface area contributed by atoms with Crippen LogP contribution in [-0.4, -0.2) is 25.4 Å². The van der Waals surface area contributed by atoms with Gasteiger partial charge in [0.15, 0.2) is 5.82 Å². The molecule has 4 aromatic rings. The van der Waals surface area contributed by atoms with Crippen LogP contribution in [0, 0.1) is 17.6 Å². The van der Waals surface area contributed by atoms with Crippen LogP contribution in [0.1, 0.15) is 28.9 Å². The van der Waals surface area contributed by atoms with Crippen LogP contribution in [0.2, 0.25) is 0 Å². The Kier molecular flexibility index (Phi) is 5.64. The highest BCUT2D eigenvalue weighted by atomic mass is 19.1. The molecule has 1 aromatic carbocycles. The summed E-state index contributed by atoms with van der Waals surface area (Å²) in [5.74, 6) is -0.524. The lowest BCUT2D eigenvalue weighted by Gasteiger charge is -2.09. The van der Waals surface area contributed by atoms with Crippen LogP contribution in [0.15, 0.2) is 67.4 Å². The zero-order valence-corrected chi connectivity index (χ0v) is 17.7. The third kappa shape index (κ3) is 4.95. The van der Waals surface area contributed by atoms with Crippen LogP contribution in [0.3, 0.4) is 0 Å². The average molecular weight is 445 g/mol. The number of nitrogens with zero attached hydrogens (tertiary/aromatic N) is 4. The Hall–Kier alpha value is -3.94. The molecule has 0 bridgehead atoms. The second kappa shape index (κ2) is 8.90. The Balaban J connectivity index is 1.37. The minimum Gasteiger partial charge on any atom is -0.347 e. The van der Waals surface area contributed by atoms with E-state index in [1.54, 1.807) is 30.9 Å². The van der Waals surface area contributed by atoms with Crippen LogP contribution >= 0.6 is 0 Å². The van der Waals surface area contributed by atoms with Crippen LogP contribution in [-0.2, 0) is 13.1 Å². The van der Waals surface area contributed by atoms with E-state index in [2.05, 4.69) is 20.3 Å². The largest absolute Gasteiger partial charge is 0.347 e. The Morgan fingerprint density at radius 3 is 2.42 bits per heavy atom. The Bertz CT molecular complexity index is 1260. The summed E-state index contributed by atoms with van der Waals surface area (Å²) in [6, 6.07) is 8.74. The fourth-order valence-corrected chi connectivity index (χ4v) is 3.70. The summed E-state index contributed by atoms with van der Waals surface area (Å²) < 4.78 is 28.8. The molecular formula is C25H21F2N5O. The smallest absolute Gasteiger partial charge is 0.268 e. The maximum atomic E-state index is 13.4. The van der Waals surface area contributed by atoms with Crippen molar-refractivity contribution >= 4 is 5.91 Å². The van der Waals surface area contributed by atoms with Gasteiger partial charge in [0.05, 0.1) is 0 Å². The van der Waals surface area contributed by atoms with Gasteiger partial charge in [-0.15, -0.1) is 0 Å². The lowest BCUT2D eigenvalue weighted by Crippen LogP contribution is -2.25. The number of carbonyl (C=O) groups is 1. The molecule has 33 heavy (non-hydrogen) atoms. The van der Waals surface area contributed by atoms with Gasteiger partial charge in [0.1, 0.15) is 17.3 Å². The maximum absolute atomic E-state index is 13.4. The van der Waals surface area contributed by atoms with Crippen molar-refractivity contribution in [2.24, 2.45) is 5.92 Å². The van der Waals surface area contributed by atoms with E-state index in [0.717, 1.165) is 42.1 Å². The third-order valence-corrected chi connectivity index (χ3v) is 5.56. The molecule has 0 radical (unpaired) electrons. The van der Waals surface area contributed by atoms with Gasteiger partial charge in [-0.1, -0.05) is 0 Å². The minimum absolute atomic E-state index is 0.0281. The van der Waals surface area contributed by atoms with E-state index in [4.69, 9.17) is 0 Å². The van der Waals surface area contributed by atoms with Crippen molar-refractivity contribution in [1.29, 1.82) is 0 Å². The number of hydrogen-bond acceptors (Lipinski definition) is 4. The fraction of sp³-hybridized carbons (Fsp3) is 0.200. The summed E-state index contributed by atoms with van der Waals surface area (Å²) in [7, 11) is 0. The van der Waals surface area contributed by atoms with Crippen molar-refractivity contribution in [3.8, 4) is 22.5 Å². The average Bonchev–Trinajstić information content (AvgIpc) is 3.54. The summed E-state index contributed by atoms with van der Waals surface area (Å²) in [5, 5.41) is 2.77. The van der Waals surface area contributed by atoms with Gasteiger partial charge in [-0.3, -0.25) is 9.78 Å².